The lowest BCUT2D eigenvalue weighted by molar-refractivity contribution is -0.137. The average molecular weight is 361 g/mol. The van der Waals surface area contributed by atoms with Crippen LogP contribution in [0.25, 0.3) is 11.3 Å². The Labute approximate surface area is 144 Å². The summed E-state index contributed by atoms with van der Waals surface area (Å²) < 4.78 is 38.0. The van der Waals surface area contributed by atoms with Crippen molar-refractivity contribution in [2.75, 3.05) is 19.6 Å². The maximum atomic E-state index is 12.7. The lowest BCUT2D eigenvalue weighted by Crippen LogP contribution is -2.48. The number of H-pyrrole nitrogens is 1. The van der Waals surface area contributed by atoms with Crippen LogP contribution in [0.5, 0.6) is 0 Å². The van der Waals surface area contributed by atoms with Gasteiger partial charge in [-0.2, -0.15) is 18.3 Å². The zero-order chi connectivity index (χ0) is 16.4. The number of hydrogen-bond donors (Lipinski definition) is 2. The first-order valence-corrected chi connectivity index (χ1v) is 7.59. The van der Waals surface area contributed by atoms with Gasteiger partial charge in [0.05, 0.1) is 17.5 Å². The molecule has 1 fully saturated rings. The molecule has 4 nitrogen and oxygen atoms in total. The van der Waals surface area contributed by atoms with Crippen LogP contribution in [0.2, 0.25) is 0 Å². The molecule has 1 aliphatic rings. The molecule has 8 heteroatoms. The van der Waals surface area contributed by atoms with Crippen LogP contribution < -0.4 is 5.32 Å². The van der Waals surface area contributed by atoms with E-state index in [1.54, 1.807) is 6.20 Å². The van der Waals surface area contributed by atoms with Crippen molar-refractivity contribution in [1.82, 2.24) is 20.4 Å². The van der Waals surface area contributed by atoms with E-state index in [1.165, 1.54) is 12.1 Å². The third kappa shape index (κ3) is 4.28. The molecule has 0 amide bonds. The van der Waals surface area contributed by atoms with Crippen molar-refractivity contribution in [2.45, 2.75) is 25.7 Å². The SMILES string of the molecule is C[C@@H]1CN(Cc2cn[nH]c2-c2ccc(C(F)(F)F)cc2)CCN1.Cl. The molecule has 0 bridgehead atoms. The quantitative estimate of drug-likeness (QED) is 0.882. The minimum Gasteiger partial charge on any atom is -0.312 e. The topological polar surface area (TPSA) is 44.0 Å². The van der Waals surface area contributed by atoms with Gasteiger partial charge in [-0.1, -0.05) is 12.1 Å². The van der Waals surface area contributed by atoms with Crippen molar-refractivity contribution in [3.05, 3.63) is 41.6 Å². The fourth-order valence-corrected chi connectivity index (χ4v) is 2.90. The fourth-order valence-electron chi connectivity index (χ4n) is 2.90. The second-order valence-electron chi connectivity index (χ2n) is 5.94. The standard InChI is InChI=1S/C16H19F3N4.ClH/c1-11-9-23(7-6-20-11)10-13-8-21-22-15(13)12-2-4-14(5-3-12)16(17,18)19;/h2-5,8,11,20H,6-7,9-10H2,1H3,(H,21,22);1H/t11-;/m1./s1. The number of halogens is 4. The van der Waals surface area contributed by atoms with Crippen molar-refractivity contribution in [2.24, 2.45) is 0 Å². The van der Waals surface area contributed by atoms with Crippen LogP contribution in [0.4, 0.5) is 13.2 Å². The van der Waals surface area contributed by atoms with Gasteiger partial charge in [0.2, 0.25) is 0 Å². The van der Waals surface area contributed by atoms with Gasteiger partial charge in [-0.25, -0.2) is 0 Å². The minimum atomic E-state index is -4.31. The summed E-state index contributed by atoms with van der Waals surface area (Å²) in [5.74, 6) is 0. The molecule has 0 radical (unpaired) electrons. The Morgan fingerprint density at radius 1 is 1.25 bits per heavy atom. The number of hydrogen-bond acceptors (Lipinski definition) is 3. The molecule has 0 aliphatic carbocycles. The van der Waals surface area contributed by atoms with Gasteiger partial charge in [0.1, 0.15) is 0 Å². The summed E-state index contributed by atoms with van der Waals surface area (Å²) in [5, 5.41) is 10.4. The highest BCUT2D eigenvalue weighted by Gasteiger charge is 2.30. The number of nitrogens with zero attached hydrogens (tertiary/aromatic N) is 2. The number of aromatic amines is 1. The summed E-state index contributed by atoms with van der Waals surface area (Å²) in [6.07, 6.45) is -2.56. The normalized spacial score (nSPS) is 19.1. The largest absolute Gasteiger partial charge is 0.416 e. The Balaban J connectivity index is 0.00000208. The zero-order valence-electron chi connectivity index (χ0n) is 13.2. The predicted molar refractivity (Wildman–Crippen MR) is 89.0 cm³/mol. The highest BCUT2D eigenvalue weighted by atomic mass is 35.5. The third-order valence-corrected chi connectivity index (χ3v) is 4.07. The molecule has 24 heavy (non-hydrogen) atoms. The van der Waals surface area contributed by atoms with Gasteiger partial charge in [-0.3, -0.25) is 10.00 Å². The van der Waals surface area contributed by atoms with Gasteiger partial charge in [-0.15, -0.1) is 12.4 Å². The van der Waals surface area contributed by atoms with E-state index in [4.69, 9.17) is 0 Å². The van der Waals surface area contributed by atoms with Gasteiger partial charge in [0, 0.05) is 37.8 Å². The van der Waals surface area contributed by atoms with Gasteiger partial charge >= 0.3 is 6.18 Å². The number of aromatic nitrogens is 2. The Morgan fingerprint density at radius 2 is 1.96 bits per heavy atom. The van der Waals surface area contributed by atoms with E-state index in [1.807, 2.05) is 0 Å². The van der Waals surface area contributed by atoms with Gasteiger partial charge in [0.25, 0.3) is 0 Å². The molecule has 2 aromatic rings. The molecule has 0 spiro atoms. The maximum Gasteiger partial charge on any atom is 0.416 e. The molecule has 2 N–H and O–H groups in total. The lowest BCUT2D eigenvalue weighted by atomic mass is 10.1. The number of nitrogens with one attached hydrogen (secondary N) is 2. The van der Waals surface area contributed by atoms with Crippen molar-refractivity contribution in [3.63, 3.8) is 0 Å². The summed E-state index contributed by atoms with van der Waals surface area (Å²) >= 11 is 0. The lowest BCUT2D eigenvalue weighted by Gasteiger charge is -2.31. The van der Waals surface area contributed by atoms with E-state index in [0.29, 0.717) is 11.6 Å². The Kier molecular flexibility index (Phi) is 5.90. The van der Waals surface area contributed by atoms with E-state index in [9.17, 15) is 13.2 Å². The summed E-state index contributed by atoms with van der Waals surface area (Å²) in [6, 6.07) is 5.62. The van der Waals surface area contributed by atoms with Gasteiger partial charge in [-0.05, 0) is 24.6 Å². The van der Waals surface area contributed by atoms with Crippen LogP contribution in [0.3, 0.4) is 0 Å². The van der Waals surface area contributed by atoms with E-state index >= 15 is 0 Å². The monoisotopic (exact) mass is 360 g/mol. The second kappa shape index (κ2) is 7.55. The predicted octanol–water partition coefficient (Wildman–Crippen LogP) is 3.31. The van der Waals surface area contributed by atoms with Crippen LogP contribution in [-0.4, -0.2) is 40.8 Å². The van der Waals surface area contributed by atoms with Crippen molar-refractivity contribution in [1.29, 1.82) is 0 Å². The molecule has 1 aromatic heterocycles. The first-order chi connectivity index (χ1) is 10.9. The third-order valence-electron chi connectivity index (χ3n) is 4.07. The second-order valence-corrected chi connectivity index (χ2v) is 5.94. The van der Waals surface area contributed by atoms with Crippen molar-refractivity contribution in [3.8, 4) is 11.3 Å². The number of alkyl halides is 3. The summed E-state index contributed by atoms with van der Waals surface area (Å²) in [4.78, 5) is 2.32. The average Bonchev–Trinajstić information content (AvgIpc) is 2.94. The molecule has 0 saturated carbocycles. The zero-order valence-corrected chi connectivity index (χ0v) is 14.0. The van der Waals surface area contributed by atoms with Crippen LogP contribution in [0, 0.1) is 0 Å². The van der Waals surface area contributed by atoms with Crippen LogP contribution in [-0.2, 0) is 12.7 Å². The molecule has 2 heterocycles. The molecular formula is C16H20ClF3N4. The molecule has 3 rings (SSSR count). The molecular weight excluding hydrogens is 341 g/mol. The number of benzene rings is 1. The molecule has 132 valence electrons. The van der Waals surface area contributed by atoms with E-state index in [2.05, 4.69) is 27.3 Å². The molecule has 1 aromatic carbocycles. The molecule has 0 unspecified atom stereocenters. The Hall–Kier alpha value is -1.57. The first-order valence-electron chi connectivity index (χ1n) is 7.59. The number of piperazine rings is 1. The van der Waals surface area contributed by atoms with Crippen LogP contribution in [0.1, 0.15) is 18.1 Å². The summed E-state index contributed by atoms with van der Waals surface area (Å²) in [5.41, 5.74) is 1.86. The Bertz CT molecular complexity index is 654. The van der Waals surface area contributed by atoms with Crippen LogP contribution >= 0.6 is 12.4 Å². The summed E-state index contributed by atoms with van der Waals surface area (Å²) in [7, 11) is 0. The molecule has 1 atom stereocenters. The molecule has 1 saturated heterocycles. The number of rotatable bonds is 3. The highest BCUT2D eigenvalue weighted by molar-refractivity contribution is 5.85. The van der Waals surface area contributed by atoms with Gasteiger partial charge < -0.3 is 5.32 Å². The maximum absolute atomic E-state index is 12.7. The van der Waals surface area contributed by atoms with Crippen molar-refractivity contribution >= 4 is 12.4 Å². The fraction of sp³-hybridized carbons (Fsp3) is 0.438. The van der Waals surface area contributed by atoms with E-state index < -0.39 is 11.7 Å². The van der Waals surface area contributed by atoms with E-state index in [-0.39, 0.29) is 12.4 Å². The first kappa shape index (κ1) is 18.8. The van der Waals surface area contributed by atoms with E-state index in [0.717, 1.165) is 49.6 Å². The Morgan fingerprint density at radius 3 is 2.58 bits per heavy atom. The van der Waals surface area contributed by atoms with Gasteiger partial charge in [0.15, 0.2) is 0 Å². The highest BCUT2D eigenvalue weighted by Crippen LogP contribution is 2.31. The summed E-state index contributed by atoms with van der Waals surface area (Å²) in [6.45, 7) is 5.70. The van der Waals surface area contributed by atoms with Crippen LogP contribution in [0.15, 0.2) is 30.5 Å². The van der Waals surface area contributed by atoms with Crippen molar-refractivity contribution < 1.29 is 13.2 Å². The minimum absolute atomic E-state index is 0. The molecule has 1 aliphatic heterocycles. The smallest absolute Gasteiger partial charge is 0.312 e.